The van der Waals surface area contributed by atoms with Gasteiger partial charge in [0, 0.05) is 11.4 Å². The van der Waals surface area contributed by atoms with E-state index in [1.807, 2.05) is 0 Å². The number of anilines is 1. The topological polar surface area (TPSA) is 95.5 Å². The molecule has 0 saturated carbocycles. The number of carbonyl (C=O) groups is 3. The smallest absolute Gasteiger partial charge is 0.471 e. The first-order chi connectivity index (χ1) is 9.61. The SMILES string of the molecule is Cc1cc(C(=O)NCCC(=O)O)c(NC(=O)C(F)(F)F)s1. The molecule has 3 N–H and O–H groups in total. The Hall–Kier alpha value is -2.10. The number of carboxylic acids is 1. The van der Waals surface area contributed by atoms with E-state index in [1.165, 1.54) is 6.07 Å². The van der Waals surface area contributed by atoms with Crippen molar-refractivity contribution in [3.05, 3.63) is 16.5 Å². The Morgan fingerprint density at radius 2 is 1.95 bits per heavy atom. The monoisotopic (exact) mass is 324 g/mol. The van der Waals surface area contributed by atoms with Gasteiger partial charge < -0.3 is 15.7 Å². The Bertz CT molecular complexity index is 568. The summed E-state index contributed by atoms with van der Waals surface area (Å²) < 4.78 is 36.6. The van der Waals surface area contributed by atoms with E-state index in [9.17, 15) is 27.6 Å². The molecule has 21 heavy (non-hydrogen) atoms. The summed E-state index contributed by atoms with van der Waals surface area (Å²) in [5.41, 5.74) is -0.138. The van der Waals surface area contributed by atoms with Crippen LogP contribution in [0.2, 0.25) is 0 Å². The summed E-state index contributed by atoms with van der Waals surface area (Å²) in [5.74, 6) is -4.05. The largest absolute Gasteiger partial charge is 0.481 e. The van der Waals surface area contributed by atoms with Gasteiger partial charge in [0.2, 0.25) is 0 Å². The lowest BCUT2D eigenvalue weighted by Crippen LogP contribution is -2.31. The fourth-order valence-corrected chi connectivity index (χ4v) is 2.23. The Balaban J connectivity index is 2.81. The van der Waals surface area contributed by atoms with Crippen LogP contribution in [0.5, 0.6) is 0 Å². The van der Waals surface area contributed by atoms with Crippen molar-refractivity contribution in [2.75, 3.05) is 11.9 Å². The van der Waals surface area contributed by atoms with Crippen molar-refractivity contribution in [3.8, 4) is 0 Å². The number of halogens is 3. The summed E-state index contributed by atoms with van der Waals surface area (Å²) in [6.07, 6.45) is -5.38. The number of hydrogen-bond donors (Lipinski definition) is 3. The predicted molar refractivity (Wildman–Crippen MR) is 68.3 cm³/mol. The van der Waals surface area contributed by atoms with Crippen LogP contribution in [-0.2, 0) is 9.59 Å². The minimum absolute atomic E-state index is 0.138. The molecule has 2 amide bonds. The summed E-state index contributed by atoms with van der Waals surface area (Å²) >= 11 is 0.818. The van der Waals surface area contributed by atoms with Gasteiger partial charge in [-0.25, -0.2) is 0 Å². The first kappa shape index (κ1) is 17.0. The van der Waals surface area contributed by atoms with Crippen LogP contribution in [0.3, 0.4) is 0 Å². The fraction of sp³-hybridized carbons (Fsp3) is 0.364. The van der Waals surface area contributed by atoms with Crippen molar-refractivity contribution < 1.29 is 32.7 Å². The average molecular weight is 324 g/mol. The zero-order valence-corrected chi connectivity index (χ0v) is 11.5. The van der Waals surface area contributed by atoms with Crippen LogP contribution in [0.4, 0.5) is 18.2 Å². The molecule has 1 heterocycles. The first-order valence-corrected chi connectivity index (χ1v) is 6.41. The summed E-state index contributed by atoms with van der Waals surface area (Å²) in [6, 6.07) is 1.31. The van der Waals surface area contributed by atoms with Crippen molar-refractivity contribution in [1.82, 2.24) is 5.32 Å². The zero-order chi connectivity index (χ0) is 16.2. The van der Waals surface area contributed by atoms with Crippen LogP contribution < -0.4 is 10.6 Å². The van der Waals surface area contributed by atoms with Crippen molar-refractivity contribution in [2.24, 2.45) is 0 Å². The van der Waals surface area contributed by atoms with Gasteiger partial charge in [-0.15, -0.1) is 11.3 Å². The lowest BCUT2D eigenvalue weighted by Gasteiger charge is -2.08. The number of carbonyl (C=O) groups excluding carboxylic acids is 2. The number of nitrogens with one attached hydrogen (secondary N) is 2. The highest BCUT2D eigenvalue weighted by Gasteiger charge is 2.39. The highest BCUT2D eigenvalue weighted by molar-refractivity contribution is 7.16. The molecule has 1 aromatic heterocycles. The van der Waals surface area contributed by atoms with Gasteiger partial charge in [-0.1, -0.05) is 0 Å². The molecule has 116 valence electrons. The van der Waals surface area contributed by atoms with Gasteiger partial charge in [-0.2, -0.15) is 13.2 Å². The average Bonchev–Trinajstić information content (AvgIpc) is 2.68. The Morgan fingerprint density at radius 1 is 1.33 bits per heavy atom. The van der Waals surface area contributed by atoms with Crippen molar-refractivity contribution in [2.45, 2.75) is 19.5 Å². The molecule has 0 aliphatic heterocycles. The lowest BCUT2D eigenvalue weighted by atomic mass is 10.2. The Kier molecular flexibility index (Phi) is 5.30. The third-order valence-corrected chi connectivity index (χ3v) is 3.17. The van der Waals surface area contributed by atoms with E-state index < -0.39 is 24.0 Å². The maximum Gasteiger partial charge on any atom is 0.471 e. The molecule has 0 unspecified atom stereocenters. The summed E-state index contributed by atoms with van der Waals surface area (Å²) in [4.78, 5) is 33.5. The molecule has 0 radical (unpaired) electrons. The second-order valence-electron chi connectivity index (χ2n) is 3.95. The number of aryl methyl sites for hydroxylation is 1. The van der Waals surface area contributed by atoms with E-state index in [-0.39, 0.29) is 23.5 Å². The molecule has 6 nitrogen and oxygen atoms in total. The maximum absolute atomic E-state index is 12.2. The number of amides is 2. The number of aliphatic carboxylic acids is 1. The third-order valence-electron chi connectivity index (χ3n) is 2.21. The van der Waals surface area contributed by atoms with Crippen LogP contribution in [0.15, 0.2) is 6.07 Å². The van der Waals surface area contributed by atoms with Gasteiger partial charge >= 0.3 is 18.1 Å². The highest BCUT2D eigenvalue weighted by atomic mass is 32.1. The number of carboxylic acid groups (broad SMARTS) is 1. The lowest BCUT2D eigenvalue weighted by molar-refractivity contribution is -0.167. The van der Waals surface area contributed by atoms with Gasteiger partial charge in [-0.05, 0) is 13.0 Å². The van der Waals surface area contributed by atoms with Crippen LogP contribution in [-0.4, -0.2) is 35.6 Å². The van der Waals surface area contributed by atoms with Crippen LogP contribution in [0, 0.1) is 6.92 Å². The summed E-state index contributed by atoms with van der Waals surface area (Å²) in [6.45, 7) is 1.39. The molecule has 0 spiro atoms. The zero-order valence-electron chi connectivity index (χ0n) is 10.7. The van der Waals surface area contributed by atoms with E-state index in [1.54, 1.807) is 12.2 Å². The highest BCUT2D eigenvalue weighted by Crippen LogP contribution is 2.29. The molecule has 1 rings (SSSR count). The number of alkyl halides is 3. The van der Waals surface area contributed by atoms with Gasteiger partial charge in [0.25, 0.3) is 5.91 Å². The summed E-state index contributed by atoms with van der Waals surface area (Å²) in [7, 11) is 0. The molecular formula is C11H11F3N2O4S. The minimum atomic E-state index is -5.06. The Morgan fingerprint density at radius 3 is 2.48 bits per heavy atom. The van der Waals surface area contributed by atoms with Gasteiger partial charge in [0.1, 0.15) is 5.00 Å². The fourth-order valence-electron chi connectivity index (χ4n) is 1.33. The van der Waals surface area contributed by atoms with Gasteiger partial charge in [0.05, 0.1) is 12.0 Å². The van der Waals surface area contributed by atoms with Crippen molar-refractivity contribution in [3.63, 3.8) is 0 Å². The maximum atomic E-state index is 12.2. The van der Waals surface area contributed by atoms with E-state index in [4.69, 9.17) is 5.11 Å². The molecule has 1 aromatic rings. The van der Waals surface area contributed by atoms with Crippen molar-refractivity contribution in [1.29, 1.82) is 0 Å². The molecule has 10 heteroatoms. The predicted octanol–water partition coefficient (Wildman–Crippen LogP) is 1.76. The second-order valence-corrected chi connectivity index (χ2v) is 5.21. The second kappa shape index (κ2) is 6.57. The molecule has 0 atom stereocenters. The van der Waals surface area contributed by atoms with Crippen LogP contribution >= 0.6 is 11.3 Å². The van der Waals surface area contributed by atoms with E-state index in [0.29, 0.717) is 4.88 Å². The van der Waals surface area contributed by atoms with Gasteiger partial charge in [0.15, 0.2) is 0 Å². The minimum Gasteiger partial charge on any atom is -0.481 e. The molecule has 0 aliphatic rings. The van der Waals surface area contributed by atoms with Crippen LogP contribution in [0.1, 0.15) is 21.7 Å². The summed E-state index contributed by atoms with van der Waals surface area (Å²) in [5, 5.41) is 12.1. The van der Waals surface area contributed by atoms with E-state index in [2.05, 4.69) is 5.32 Å². The third kappa shape index (κ3) is 5.06. The molecule has 0 aliphatic carbocycles. The van der Waals surface area contributed by atoms with Crippen LogP contribution in [0.25, 0.3) is 0 Å². The number of rotatable bonds is 5. The van der Waals surface area contributed by atoms with Crippen molar-refractivity contribution >= 4 is 34.1 Å². The quantitative estimate of drug-likeness (QED) is 0.769. The first-order valence-electron chi connectivity index (χ1n) is 5.60. The van der Waals surface area contributed by atoms with E-state index in [0.717, 1.165) is 11.3 Å². The molecule has 0 fully saturated rings. The molecule has 0 bridgehead atoms. The molecule has 0 aromatic carbocycles. The van der Waals surface area contributed by atoms with Gasteiger partial charge in [-0.3, -0.25) is 14.4 Å². The molecule has 0 saturated heterocycles. The standard InChI is InChI=1S/C11H11F3N2O4S/c1-5-4-6(8(19)15-3-2-7(17)18)9(21-5)16-10(20)11(12,13)14/h4H,2-3H2,1H3,(H,15,19)(H,16,20)(H,17,18). The normalized spacial score (nSPS) is 11.0. The number of thiophene rings is 1. The molecular weight excluding hydrogens is 313 g/mol. The Labute approximate surface area is 121 Å². The number of hydrogen-bond acceptors (Lipinski definition) is 4. The van der Waals surface area contributed by atoms with E-state index >= 15 is 0 Å².